The van der Waals surface area contributed by atoms with Crippen molar-refractivity contribution in [3.8, 4) is 17.1 Å². The molecule has 0 saturated carbocycles. The summed E-state index contributed by atoms with van der Waals surface area (Å²) in [6.07, 6.45) is 3.35. The zero-order chi connectivity index (χ0) is 25.6. The van der Waals surface area contributed by atoms with Crippen LogP contribution in [0.4, 0.5) is 8.78 Å². The summed E-state index contributed by atoms with van der Waals surface area (Å²) in [4.78, 5) is 29.2. The minimum absolute atomic E-state index is 0.186. The number of aromatic amines is 1. The normalized spacial score (nSPS) is 12.1. The average Bonchev–Trinajstić information content (AvgIpc) is 3.39. The van der Waals surface area contributed by atoms with E-state index in [2.05, 4.69) is 33.9 Å². The van der Waals surface area contributed by atoms with Crippen molar-refractivity contribution >= 4 is 11.2 Å². The molecule has 36 heavy (non-hydrogen) atoms. The summed E-state index contributed by atoms with van der Waals surface area (Å²) < 4.78 is 30.4. The lowest BCUT2D eigenvalue weighted by Crippen LogP contribution is -2.18. The van der Waals surface area contributed by atoms with Crippen LogP contribution in [0.1, 0.15) is 49.3 Å². The van der Waals surface area contributed by atoms with E-state index < -0.39 is 5.92 Å². The quantitative estimate of drug-likeness (QED) is 0.364. The van der Waals surface area contributed by atoms with E-state index in [1.165, 1.54) is 10.7 Å². The van der Waals surface area contributed by atoms with Crippen LogP contribution in [0.5, 0.6) is 0 Å². The van der Waals surface area contributed by atoms with Crippen LogP contribution in [0.2, 0.25) is 0 Å². The molecule has 0 radical (unpaired) electrons. The number of imidazole rings is 1. The van der Waals surface area contributed by atoms with Gasteiger partial charge in [-0.25, -0.2) is 19.4 Å². The maximum absolute atomic E-state index is 13.7. The minimum Gasteiger partial charge on any atom is -0.303 e. The molecule has 0 aliphatic rings. The second kappa shape index (κ2) is 8.78. The van der Waals surface area contributed by atoms with Gasteiger partial charge in [0.25, 0.3) is 5.92 Å². The van der Waals surface area contributed by atoms with Gasteiger partial charge in [0.1, 0.15) is 11.2 Å². The maximum Gasteiger partial charge on any atom is 0.328 e. The third-order valence-electron chi connectivity index (χ3n) is 6.00. The van der Waals surface area contributed by atoms with E-state index in [4.69, 9.17) is 4.98 Å². The highest BCUT2D eigenvalue weighted by molar-refractivity contribution is 5.73. The molecule has 5 aromatic rings. The number of alkyl halides is 2. The molecule has 1 aromatic carbocycles. The number of halogens is 2. The number of H-pyrrole nitrogens is 1. The first kappa shape index (κ1) is 23.5. The molecular weight excluding hydrogens is 464 g/mol. The van der Waals surface area contributed by atoms with Crippen LogP contribution in [0.25, 0.3) is 28.2 Å². The Labute approximate surface area is 205 Å². The summed E-state index contributed by atoms with van der Waals surface area (Å²) in [6, 6.07) is 12.4. The lowest BCUT2D eigenvalue weighted by Gasteiger charge is -2.10. The molecule has 0 unspecified atom stereocenters. The van der Waals surface area contributed by atoms with Crippen molar-refractivity contribution in [3.63, 3.8) is 0 Å². The fourth-order valence-electron chi connectivity index (χ4n) is 4.16. The first-order valence-electron chi connectivity index (χ1n) is 11.6. The number of fused-ring (bicyclic) bond motifs is 1. The number of hydrogen-bond donors (Lipinski definition) is 1. The van der Waals surface area contributed by atoms with Gasteiger partial charge in [-0.2, -0.15) is 13.9 Å². The third kappa shape index (κ3) is 4.30. The number of nitrogens with one attached hydrogen (secondary N) is 1. The highest BCUT2D eigenvalue weighted by Gasteiger charge is 2.28. The molecule has 8 nitrogen and oxygen atoms in total. The number of nitrogens with zero attached hydrogens (tertiary/aromatic N) is 6. The van der Waals surface area contributed by atoms with E-state index in [-0.39, 0.29) is 23.8 Å². The first-order valence-corrected chi connectivity index (χ1v) is 11.6. The van der Waals surface area contributed by atoms with E-state index in [0.29, 0.717) is 28.4 Å². The van der Waals surface area contributed by atoms with Gasteiger partial charge in [0.05, 0.1) is 24.1 Å². The van der Waals surface area contributed by atoms with E-state index >= 15 is 0 Å². The number of aromatic nitrogens is 7. The molecule has 184 valence electrons. The summed E-state index contributed by atoms with van der Waals surface area (Å²) in [7, 11) is 0. The molecular formula is C26H25F2N7O. The Kier molecular flexibility index (Phi) is 5.74. The van der Waals surface area contributed by atoms with E-state index in [0.717, 1.165) is 23.7 Å². The molecule has 4 heterocycles. The van der Waals surface area contributed by atoms with Crippen LogP contribution in [0, 0.1) is 6.92 Å². The number of benzene rings is 1. The molecule has 5 rings (SSSR count). The van der Waals surface area contributed by atoms with Gasteiger partial charge < -0.3 is 4.98 Å². The predicted octanol–water partition coefficient (Wildman–Crippen LogP) is 4.96. The van der Waals surface area contributed by atoms with Gasteiger partial charge >= 0.3 is 5.69 Å². The Balaban J connectivity index is 1.48. The number of aryl methyl sites for hydroxylation is 1. The van der Waals surface area contributed by atoms with Gasteiger partial charge in [-0.1, -0.05) is 26.0 Å². The van der Waals surface area contributed by atoms with Crippen LogP contribution in [0.15, 0.2) is 59.7 Å². The van der Waals surface area contributed by atoms with Gasteiger partial charge in [0.2, 0.25) is 0 Å². The minimum atomic E-state index is -3.01. The Morgan fingerprint density at radius 1 is 1.11 bits per heavy atom. The molecule has 1 N–H and O–H groups in total. The smallest absolute Gasteiger partial charge is 0.303 e. The molecule has 0 aliphatic heterocycles. The van der Waals surface area contributed by atoms with Crippen molar-refractivity contribution in [2.75, 3.05) is 0 Å². The van der Waals surface area contributed by atoms with Crippen molar-refractivity contribution in [1.29, 1.82) is 0 Å². The monoisotopic (exact) mass is 489 g/mol. The van der Waals surface area contributed by atoms with Gasteiger partial charge in [0, 0.05) is 24.4 Å². The standard InChI is InChI=1S/C26H25F2N7O/c1-15(2)22-19(6-5-11-29-22)23-30-13-20-24(32-23)34(25(36)31-20)14-17-7-9-18(10-8-17)35-16(3)12-21(33-35)26(4,27)28/h5-13,15H,14H2,1-4H3,(H,31,36). The second-order valence-corrected chi connectivity index (χ2v) is 9.18. The Morgan fingerprint density at radius 3 is 2.53 bits per heavy atom. The highest BCUT2D eigenvalue weighted by Crippen LogP contribution is 2.28. The first-order chi connectivity index (χ1) is 17.1. The molecule has 0 amide bonds. The predicted molar refractivity (Wildman–Crippen MR) is 132 cm³/mol. The van der Waals surface area contributed by atoms with E-state index in [9.17, 15) is 13.6 Å². The molecule has 0 saturated heterocycles. The maximum atomic E-state index is 13.7. The van der Waals surface area contributed by atoms with Crippen molar-refractivity contribution in [2.24, 2.45) is 0 Å². The topological polar surface area (TPSA) is 94.3 Å². The van der Waals surface area contributed by atoms with Crippen LogP contribution in [0.3, 0.4) is 0 Å². The Hall–Kier alpha value is -4.21. The van der Waals surface area contributed by atoms with Gasteiger partial charge in [0.15, 0.2) is 11.5 Å². The van der Waals surface area contributed by atoms with Crippen LogP contribution in [-0.2, 0) is 12.5 Å². The summed E-state index contributed by atoms with van der Waals surface area (Å²) in [5.41, 5.74) is 4.26. The third-order valence-corrected chi connectivity index (χ3v) is 6.00. The van der Waals surface area contributed by atoms with E-state index in [1.54, 1.807) is 36.0 Å². The molecule has 0 aliphatic carbocycles. The van der Waals surface area contributed by atoms with Gasteiger partial charge in [-0.05, 0) is 48.7 Å². The summed E-state index contributed by atoms with van der Waals surface area (Å²) in [5.74, 6) is -2.33. The van der Waals surface area contributed by atoms with Crippen molar-refractivity contribution < 1.29 is 8.78 Å². The largest absolute Gasteiger partial charge is 0.328 e. The van der Waals surface area contributed by atoms with Crippen LogP contribution >= 0.6 is 0 Å². The van der Waals surface area contributed by atoms with E-state index in [1.807, 2.05) is 24.3 Å². The highest BCUT2D eigenvalue weighted by atomic mass is 19.3. The lowest BCUT2D eigenvalue weighted by atomic mass is 10.0. The van der Waals surface area contributed by atoms with Crippen molar-refractivity contribution in [1.82, 2.24) is 34.3 Å². The molecule has 0 fully saturated rings. The molecule has 4 aromatic heterocycles. The SMILES string of the molecule is Cc1cc(C(C)(F)F)nn1-c1ccc(Cn2c(=O)[nH]c3cnc(-c4cccnc4C(C)C)nc32)cc1. The molecule has 0 spiro atoms. The Bertz CT molecular complexity index is 1610. The number of rotatable bonds is 6. The van der Waals surface area contributed by atoms with Gasteiger partial charge in [-0.3, -0.25) is 9.55 Å². The van der Waals surface area contributed by atoms with Crippen molar-refractivity contribution in [2.45, 2.75) is 46.1 Å². The lowest BCUT2D eigenvalue weighted by molar-refractivity contribution is 0.0124. The van der Waals surface area contributed by atoms with Crippen LogP contribution < -0.4 is 5.69 Å². The molecule has 0 atom stereocenters. The fraction of sp³-hybridized carbons (Fsp3) is 0.269. The molecule has 0 bridgehead atoms. The fourth-order valence-corrected chi connectivity index (χ4v) is 4.16. The summed E-state index contributed by atoms with van der Waals surface area (Å²) >= 11 is 0. The van der Waals surface area contributed by atoms with Crippen molar-refractivity contribution in [3.05, 3.63) is 88.0 Å². The Morgan fingerprint density at radius 2 is 1.86 bits per heavy atom. The zero-order valence-corrected chi connectivity index (χ0v) is 20.3. The second-order valence-electron chi connectivity index (χ2n) is 9.18. The molecule has 10 heteroatoms. The zero-order valence-electron chi connectivity index (χ0n) is 20.3. The number of pyridine rings is 1. The summed E-state index contributed by atoms with van der Waals surface area (Å²) in [5, 5.41) is 4.05. The average molecular weight is 490 g/mol. The van der Waals surface area contributed by atoms with Crippen LogP contribution in [-0.4, -0.2) is 34.3 Å². The number of hydrogen-bond acceptors (Lipinski definition) is 5. The summed E-state index contributed by atoms with van der Waals surface area (Å²) in [6.45, 7) is 6.94. The van der Waals surface area contributed by atoms with Gasteiger partial charge in [-0.15, -0.1) is 0 Å².